The first-order chi connectivity index (χ1) is 13.9. The number of thioether (sulfide) groups is 1. The number of urea groups is 1. The summed E-state index contributed by atoms with van der Waals surface area (Å²) in [6.45, 7) is 1.30. The van der Waals surface area contributed by atoms with Gasteiger partial charge in [0.2, 0.25) is 5.91 Å². The second-order valence-corrected chi connectivity index (χ2v) is 7.74. The summed E-state index contributed by atoms with van der Waals surface area (Å²) >= 11 is 1.50. The number of rotatable bonds is 7. The highest BCUT2D eigenvalue weighted by Crippen LogP contribution is 2.28. The maximum atomic E-state index is 13.0. The smallest absolute Gasteiger partial charge is 0.325 e. The Hall–Kier alpha value is -3.00. The van der Waals surface area contributed by atoms with Crippen LogP contribution in [0.25, 0.3) is 0 Å². The minimum absolute atomic E-state index is 0.259. The van der Waals surface area contributed by atoms with Crippen molar-refractivity contribution in [2.45, 2.75) is 23.8 Å². The molecule has 8 heteroatoms. The Balaban J connectivity index is 1.72. The molecule has 0 saturated carbocycles. The zero-order chi connectivity index (χ0) is 21.0. The minimum atomic E-state index is -1.15. The zero-order valence-corrected chi connectivity index (χ0v) is 17.3. The van der Waals surface area contributed by atoms with Crippen LogP contribution in [0.2, 0.25) is 0 Å². The molecule has 1 aliphatic heterocycles. The predicted molar refractivity (Wildman–Crippen MR) is 112 cm³/mol. The number of amides is 4. The molecule has 7 nitrogen and oxygen atoms in total. The van der Waals surface area contributed by atoms with Crippen molar-refractivity contribution in [3.63, 3.8) is 0 Å². The fourth-order valence-electron chi connectivity index (χ4n) is 3.32. The number of benzene rings is 2. The first kappa shape index (κ1) is 20.7. The monoisotopic (exact) mass is 413 g/mol. The molecule has 4 amide bonds. The van der Waals surface area contributed by atoms with Crippen molar-refractivity contribution in [1.29, 1.82) is 0 Å². The summed E-state index contributed by atoms with van der Waals surface area (Å²) in [5.74, 6) is -0.237. The van der Waals surface area contributed by atoms with Gasteiger partial charge in [-0.05, 0) is 36.9 Å². The Morgan fingerprint density at radius 1 is 1.17 bits per heavy atom. The number of methoxy groups -OCH3 is 1. The molecule has 1 aliphatic rings. The number of ether oxygens (including phenoxy) is 1. The molecule has 0 radical (unpaired) electrons. The predicted octanol–water partition coefficient (Wildman–Crippen LogP) is 2.91. The standard InChI is InChI=1S/C21H23N3O4S/c1-21(12-14-8-4-6-10-16(14)28-2)19(26)24(20(27)23-21)13-18(25)22-15-9-5-7-11-17(15)29-3/h4-11H,12-13H2,1-3H3,(H,22,25)(H,23,27)/t21-/m0/s1. The average Bonchev–Trinajstić information content (AvgIpc) is 2.91. The van der Waals surface area contributed by atoms with Crippen LogP contribution < -0.4 is 15.4 Å². The molecule has 1 heterocycles. The second-order valence-electron chi connectivity index (χ2n) is 6.89. The molecule has 2 aromatic rings. The van der Waals surface area contributed by atoms with E-state index in [2.05, 4.69) is 10.6 Å². The summed E-state index contributed by atoms with van der Waals surface area (Å²) in [5, 5.41) is 5.49. The summed E-state index contributed by atoms with van der Waals surface area (Å²) < 4.78 is 5.34. The number of hydrogen-bond acceptors (Lipinski definition) is 5. The van der Waals surface area contributed by atoms with Crippen LogP contribution in [-0.2, 0) is 16.0 Å². The van der Waals surface area contributed by atoms with Gasteiger partial charge in [0.1, 0.15) is 17.8 Å². The lowest BCUT2D eigenvalue weighted by Gasteiger charge is -2.22. The van der Waals surface area contributed by atoms with Gasteiger partial charge in [-0.15, -0.1) is 11.8 Å². The SMILES string of the molecule is COc1ccccc1C[C@]1(C)NC(=O)N(CC(=O)Nc2ccccc2SC)C1=O. The van der Waals surface area contributed by atoms with E-state index < -0.39 is 23.4 Å². The Kier molecular flexibility index (Phi) is 6.12. The van der Waals surface area contributed by atoms with E-state index >= 15 is 0 Å². The van der Waals surface area contributed by atoms with Crippen LogP contribution in [0.5, 0.6) is 5.75 Å². The Morgan fingerprint density at radius 3 is 2.59 bits per heavy atom. The van der Waals surface area contributed by atoms with Crippen LogP contribution in [0, 0.1) is 0 Å². The number of anilines is 1. The molecule has 0 spiro atoms. The van der Waals surface area contributed by atoms with Crippen LogP contribution in [0.15, 0.2) is 53.4 Å². The normalized spacial score (nSPS) is 18.5. The summed E-state index contributed by atoms with van der Waals surface area (Å²) in [4.78, 5) is 39.7. The van der Waals surface area contributed by atoms with Gasteiger partial charge < -0.3 is 15.4 Å². The van der Waals surface area contributed by atoms with Crippen LogP contribution >= 0.6 is 11.8 Å². The highest BCUT2D eigenvalue weighted by atomic mass is 32.2. The highest BCUT2D eigenvalue weighted by molar-refractivity contribution is 7.98. The Morgan fingerprint density at radius 2 is 1.86 bits per heavy atom. The largest absolute Gasteiger partial charge is 0.496 e. The molecule has 1 saturated heterocycles. The lowest BCUT2D eigenvalue weighted by molar-refractivity contribution is -0.133. The molecule has 3 rings (SSSR count). The highest BCUT2D eigenvalue weighted by Gasteiger charge is 2.48. The van der Waals surface area contributed by atoms with Crippen molar-refractivity contribution in [3.05, 3.63) is 54.1 Å². The van der Waals surface area contributed by atoms with Gasteiger partial charge in [-0.1, -0.05) is 30.3 Å². The molecule has 0 aromatic heterocycles. The van der Waals surface area contributed by atoms with Gasteiger partial charge in [-0.25, -0.2) is 4.79 Å². The molecule has 1 fully saturated rings. The molecule has 0 bridgehead atoms. The number of nitrogens with one attached hydrogen (secondary N) is 2. The fraction of sp³-hybridized carbons (Fsp3) is 0.286. The molecule has 29 heavy (non-hydrogen) atoms. The van der Waals surface area contributed by atoms with E-state index in [9.17, 15) is 14.4 Å². The third kappa shape index (κ3) is 4.37. The maximum Gasteiger partial charge on any atom is 0.325 e. The second kappa shape index (κ2) is 8.57. The first-order valence-electron chi connectivity index (χ1n) is 9.07. The number of carbonyl (C=O) groups is 3. The van der Waals surface area contributed by atoms with Gasteiger partial charge in [-0.2, -0.15) is 0 Å². The van der Waals surface area contributed by atoms with Crippen molar-refractivity contribution in [2.75, 3.05) is 25.2 Å². The Bertz CT molecular complexity index is 949. The fourth-order valence-corrected chi connectivity index (χ4v) is 3.88. The number of hydrogen-bond donors (Lipinski definition) is 2. The van der Waals surface area contributed by atoms with Crippen LogP contribution in [-0.4, -0.2) is 48.2 Å². The summed E-state index contributed by atoms with van der Waals surface area (Å²) in [6, 6.07) is 14.1. The molecule has 2 N–H and O–H groups in total. The first-order valence-corrected chi connectivity index (χ1v) is 10.3. The molecule has 152 valence electrons. The van der Waals surface area contributed by atoms with Gasteiger partial charge in [0.05, 0.1) is 12.8 Å². The lowest BCUT2D eigenvalue weighted by atomic mass is 9.92. The summed E-state index contributed by atoms with van der Waals surface area (Å²) in [7, 11) is 1.55. The molecule has 2 aromatic carbocycles. The van der Waals surface area contributed by atoms with Crippen LogP contribution in [0.1, 0.15) is 12.5 Å². The van der Waals surface area contributed by atoms with Gasteiger partial charge in [-0.3, -0.25) is 14.5 Å². The third-order valence-corrected chi connectivity index (χ3v) is 5.56. The molecule has 0 unspecified atom stereocenters. The van der Waals surface area contributed by atoms with E-state index in [4.69, 9.17) is 4.74 Å². The van der Waals surface area contributed by atoms with E-state index in [0.29, 0.717) is 11.4 Å². The van der Waals surface area contributed by atoms with Gasteiger partial charge >= 0.3 is 6.03 Å². The van der Waals surface area contributed by atoms with Crippen LogP contribution in [0.4, 0.5) is 10.5 Å². The number of nitrogens with zero attached hydrogens (tertiary/aromatic N) is 1. The molecule has 0 aliphatic carbocycles. The van der Waals surface area contributed by atoms with E-state index in [0.717, 1.165) is 15.4 Å². The zero-order valence-electron chi connectivity index (χ0n) is 16.5. The van der Waals surface area contributed by atoms with E-state index in [1.165, 1.54) is 11.8 Å². The number of imide groups is 1. The molecular weight excluding hydrogens is 390 g/mol. The van der Waals surface area contributed by atoms with Gasteiger partial charge in [0, 0.05) is 11.3 Å². The minimum Gasteiger partial charge on any atom is -0.496 e. The maximum absolute atomic E-state index is 13.0. The van der Waals surface area contributed by atoms with E-state index in [1.807, 2.05) is 42.7 Å². The molecular formula is C21H23N3O4S. The van der Waals surface area contributed by atoms with E-state index in [1.54, 1.807) is 26.2 Å². The van der Waals surface area contributed by atoms with Gasteiger partial charge in [0.15, 0.2) is 0 Å². The lowest BCUT2D eigenvalue weighted by Crippen LogP contribution is -2.46. The Labute approximate surface area is 173 Å². The van der Waals surface area contributed by atoms with Crippen molar-refractivity contribution >= 4 is 35.3 Å². The summed E-state index contributed by atoms with van der Waals surface area (Å²) in [6.07, 6.45) is 2.17. The van der Waals surface area contributed by atoms with Crippen molar-refractivity contribution in [2.24, 2.45) is 0 Å². The number of para-hydroxylation sites is 2. The third-order valence-electron chi connectivity index (χ3n) is 4.76. The topological polar surface area (TPSA) is 87.7 Å². The van der Waals surface area contributed by atoms with Crippen LogP contribution in [0.3, 0.4) is 0 Å². The summed E-state index contributed by atoms with van der Waals surface area (Å²) in [5.41, 5.74) is 0.295. The molecule has 1 atom stereocenters. The van der Waals surface area contributed by atoms with Crippen molar-refractivity contribution in [3.8, 4) is 5.75 Å². The van der Waals surface area contributed by atoms with Crippen molar-refractivity contribution < 1.29 is 19.1 Å². The van der Waals surface area contributed by atoms with E-state index in [-0.39, 0.29) is 13.0 Å². The number of carbonyl (C=O) groups excluding carboxylic acids is 3. The van der Waals surface area contributed by atoms with Crippen molar-refractivity contribution in [1.82, 2.24) is 10.2 Å². The average molecular weight is 413 g/mol. The quantitative estimate of drug-likeness (QED) is 0.538. The van der Waals surface area contributed by atoms with Gasteiger partial charge in [0.25, 0.3) is 5.91 Å².